The molecule has 1 aromatic rings. The van der Waals surface area contributed by atoms with E-state index in [4.69, 9.17) is 0 Å². The van der Waals surface area contributed by atoms with E-state index in [1.165, 1.54) is 0 Å². The molecule has 0 aliphatic heterocycles. The molecule has 0 heterocycles. The summed E-state index contributed by atoms with van der Waals surface area (Å²) in [7, 11) is 0. The smallest absolute Gasteiger partial charge is 0.256 e. The second-order valence-electron chi connectivity index (χ2n) is 5.51. The van der Waals surface area contributed by atoms with Gasteiger partial charge in [-0.3, -0.25) is 4.79 Å². The number of nitriles is 1. The van der Waals surface area contributed by atoms with Gasteiger partial charge in [-0.2, -0.15) is 5.26 Å². The largest absolute Gasteiger partial charge is 0.317 e. The Hall–Kier alpha value is -1.09. The zero-order chi connectivity index (χ0) is 14.2. The van der Waals surface area contributed by atoms with Crippen LogP contribution >= 0.6 is 22.6 Å². The number of benzene rings is 1. The molecule has 0 unspecified atom stereocenters. The summed E-state index contributed by atoms with van der Waals surface area (Å²) in [4.78, 5) is 14.5. The molecule has 1 aliphatic carbocycles. The highest BCUT2D eigenvalue weighted by molar-refractivity contribution is 14.1. The Morgan fingerprint density at radius 3 is 2.63 bits per heavy atom. The monoisotopic (exact) mass is 368 g/mol. The minimum absolute atomic E-state index is 0.0258. The fourth-order valence-corrected chi connectivity index (χ4v) is 2.80. The van der Waals surface area contributed by atoms with E-state index < -0.39 is 5.54 Å². The van der Waals surface area contributed by atoms with Gasteiger partial charge < -0.3 is 4.90 Å². The van der Waals surface area contributed by atoms with E-state index >= 15 is 0 Å². The lowest BCUT2D eigenvalue weighted by molar-refractivity contribution is 0.0614. The minimum Gasteiger partial charge on any atom is -0.317 e. The molecule has 1 amide bonds. The first-order valence-electron chi connectivity index (χ1n) is 6.38. The first kappa shape index (κ1) is 14.3. The zero-order valence-electron chi connectivity index (χ0n) is 11.4. The van der Waals surface area contributed by atoms with Crippen molar-refractivity contribution < 1.29 is 4.79 Å². The third-order valence-electron chi connectivity index (χ3n) is 3.43. The maximum absolute atomic E-state index is 12.8. The average molecular weight is 368 g/mol. The Morgan fingerprint density at radius 1 is 1.47 bits per heavy atom. The average Bonchev–Trinajstić information content (AvgIpc) is 3.17. The summed E-state index contributed by atoms with van der Waals surface area (Å²) < 4.78 is 0.976. The molecule has 1 aromatic carbocycles. The van der Waals surface area contributed by atoms with E-state index in [0.717, 1.165) is 22.0 Å². The summed E-state index contributed by atoms with van der Waals surface area (Å²) >= 11 is 2.21. The topological polar surface area (TPSA) is 44.1 Å². The highest BCUT2D eigenvalue weighted by atomic mass is 127. The van der Waals surface area contributed by atoms with Crippen LogP contribution in [0.25, 0.3) is 0 Å². The quantitative estimate of drug-likeness (QED) is 0.767. The lowest BCUT2D eigenvalue weighted by atomic mass is 10.0. The summed E-state index contributed by atoms with van der Waals surface area (Å²) in [5.74, 6) is -0.0258. The van der Waals surface area contributed by atoms with Gasteiger partial charge in [0.25, 0.3) is 5.91 Å². The van der Waals surface area contributed by atoms with E-state index in [0.29, 0.717) is 5.56 Å². The maximum Gasteiger partial charge on any atom is 0.256 e. The van der Waals surface area contributed by atoms with Gasteiger partial charge in [-0.25, -0.2) is 0 Å². The molecule has 0 bridgehead atoms. The standard InChI is InChI=1S/C15H17IN2O/c1-10-5-4-6-12(13(10)16)14(19)18(11-7-8-11)15(2,3)9-17/h4-6,11H,7-8H2,1-3H3. The Kier molecular flexibility index (Phi) is 3.86. The first-order valence-corrected chi connectivity index (χ1v) is 7.46. The summed E-state index contributed by atoms with van der Waals surface area (Å²) in [5, 5.41) is 9.32. The highest BCUT2D eigenvalue weighted by Crippen LogP contribution is 2.35. The lowest BCUT2D eigenvalue weighted by Gasteiger charge is -2.33. The van der Waals surface area contributed by atoms with Crippen molar-refractivity contribution in [3.63, 3.8) is 0 Å². The Balaban J connectivity index is 2.41. The van der Waals surface area contributed by atoms with Crippen LogP contribution in [0.3, 0.4) is 0 Å². The van der Waals surface area contributed by atoms with E-state index in [1.54, 1.807) is 4.90 Å². The van der Waals surface area contributed by atoms with E-state index in [1.807, 2.05) is 39.0 Å². The molecule has 2 rings (SSSR count). The van der Waals surface area contributed by atoms with Crippen molar-refractivity contribution in [3.05, 3.63) is 32.9 Å². The summed E-state index contributed by atoms with van der Waals surface area (Å²) in [6.45, 7) is 5.62. The summed E-state index contributed by atoms with van der Waals surface area (Å²) in [5.41, 5.74) is 1.04. The molecule has 3 nitrogen and oxygen atoms in total. The van der Waals surface area contributed by atoms with Gasteiger partial charge >= 0.3 is 0 Å². The third-order valence-corrected chi connectivity index (χ3v) is 4.86. The molecular weight excluding hydrogens is 351 g/mol. The fraction of sp³-hybridized carbons (Fsp3) is 0.467. The molecule has 1 fully saturated rings. The second kappa shape index (κ2) is 5.12. The van der Waals surface area contributed by atoms with Crippen molar-refractivity contribution in [2.45, 2.75) is 45.2 Å². The molecular formula is C15H17IN2O. The van der Waals surface area contributed by atoms with Crippen LogP contribution in [-0.4, -0.2) is 22.4 Å². The van der Waals surface area contributed by atoms with Gasteiger partial charge in [0.1, 0.15) is 5.54 Å². The van der Waals surface area contributed by atoms with Crippen LogP contribution in [0.4, 0.5) is 0 Å². The number of halogens is 1. The minimum atomic E-state index is -0.759. The molecule has 1 aliphatic rings. The number of aryl methyl sites for hydroxylation is 1. The van der Waals surface area contributed by atoms with Gasteiger partial charge in [-0.15, -0.1) is 0 Å². The molecule has 0 aromatic heterocycles. The number of rotatable bonds is 3. The van der Waals surface area contributed by atoms with Crippen molar-refractivity contribution in [1.82, 2.24) is 4.90 Å². The van der Waals surface area contributed by atoms with Crippen molar-refractivity contribution in [1.29, 1.82) is 5.26 Å². The molecule has 0 saturated heterocycles. The zero-order valence-corrected chi connectivity index (χ0v) is 13.6. The molecule has 0 atom stereocenters. The third kappa shape index (κ3) is 2.76. The molecule has 100 valence electrons. The van der Waals surface area contributed by atoms with Crippen molar-refractivity contribution in [2.75, 3.05) is 0 Å². The summed E-state index contributed by atoms with van der Waals surface area (Å²) in [6.07, 6.45) is 2.00. The Bertz CT molecular complexity index is 556. The Morgan fingerprint density at radius 2 is 2.11 bits per heavy atom. The molecule has 0 spiro atoms. The van der Waals surface area contributed by atoms with Gasteiger partial charge in [0.15, 0.2) is 0 Å². The van der Waals surface area contributed by atoms with Crippen LogP contribution in [0.15, 0.2) is 18.2 Å². The van der Waals surface area contributed by atoms with Gasteiger partial charge in [0, 0.05) is 9.61 Å². The van der Waals surface area contributed by atoms with Gasteiger partial charge in [-0.05, 0) is 67.8 Å². The van der Waals surface area contributed by atoms with Crippen LogP contribution in [0.1, 0.15) is 42.6 Å². The number of nitrogens with zero attached hydrogens (tertiary/aromatic N) is 2. The lowest BCUT2D eigenvalue weighted by Crippen LogP contribution is -2.48. The molecule has 0 radical (unpaired) electrons. The predicted octanol–water partition coefficient (Wildman–Crippen LogP) is 3.51. The fourth-order valence-electron chi connectivity index (χ4n) is 2.21. The Labute approximate surface area is 127 Å². The van der Waals surface area contributed by atoms with E-state index in [-0.39, 0.29) is 11.9 Å². The van der Waals surface area contributed by atoms with Gasteiger partial charge in [0.05, 0.1) is 11.6 Å². The predicted molar refractivity (Wildman–Crippen MR) is 82.8 cm³/mol. The van der Waals surface area contributed by atoms with Crippen molar-refractivity contribution in [2.24, 2.45) is 0 Å². The first-order chi connectivity index (χ1) is 8.88. The van der Waals surface area contributed by atoms with Crippen LogP contribution in [0.2, 0.25) is 0 Å². The van der Waals surface area contributed by atoms with Gasteiger partial charge in [-0.1, -0.05) is 12.1 Å². The van der Waals surface area contributed by atoms with Gasteiger partial charge in [0.2, 0.25) is 0 Å². The molecule has 0 N–H and O–H groups in total. The maximum atomic E-state index is 12.8. The van der Waals surface area contributed by atoms with Crippen molar-refractivity contribution >= 4 is 28.5 Å². The van der Waals surface area contributed by atoms with Crippen LogP contribution in [-0.2, 0) is 0 Å². The number of hydrogen-bond donors (Lipinski definition) is 0. The molecule has 4 heteroatoms. The number of carbonyl (C=O) groups is 1. The van der Waals surface area contributed by atoms with Crippen LogP contribution in [0.5, 0.6) is 0 Å². The molecule has 1 saturated carbocycles. The van der Waals surface area contributed by atoms with E-state index in [2.05, 4.69) is 28.7 Å². The normalized spacial score (nSPS) is 14.9. The number of amides is 1. The van der Waals surface area contributed by atoms with E-state index in [9.17, 15) is 10.1 Å². The van der Waals surface area contributed by atoms with Crippen LogP contribution < -0.4 is 0 Å². The molecule has 19 heavy (non-hydrogen) atoms. The number of carbonyl (C=O) groups excluding carboxylic acids is 1. The highest BCUT2D eigenvalue weighted by Gasteiger charge is 2.42. The van der Waals surface area contributed by atoms with Crippen LogP contribution in [0, 0.1) is 21.8 Å². The second-order valence-corrected chi connectivity index (χ2v) is 6.59. The summed E-state index contributed by atoms with van der Waals surface area (Å²) in [6, 6.07) is 8.21. The SMILES string of the molecule is Cc1cccc(C(=O)N(C2CC2)C(C)(C)C#N)c1I. The van der Waals surface area contributed by atoms with Crippen molar-refractivity contribution in [3.8, 4) is 6.07 Å². The number of hydrogen-bond acceptors (Lipinski definition) is 2.